The number of hydrogen-bond donors (Lipinski definition) is 1. The van der Waals surface area contributed by atoms with Crippen molar-refractivity contribution in [2.45, 2.75) is 46.7 Å². The lowest BCUT2D eigenvalue weighted by Crippen LogP contribution is -2.37. The van der Waals surface area contributed by atoms with E-state index in [2.05, 4.69) is 53.8 Å². The Morgan fingerprint density at radius 2 is 1.94 bits per heavy atom. The van der Waals surface area contributed by atoms with Crippen LogP contribution in [0.4, 0.5) is 11.5 Å². The van der Waals surface area contributed by atoms with E-state index >= 15 is 0 Å². The Morgan fingerprint density at radius 3 is 2.52 bits per heavy atom. The van der Waals surface area contributed by atoms with E-state index in [1.165, 1.54) is 29.8 Å². The van der Waals surface area contributed by atoms with Crippen molar-refractivity contribution in [2.24, 2.45) is 11.7 Å². The van der Waals surface area contributed by atoms with Crippen LogP contribution in [0.2, 0.25) is 0 Å². The summed E-state index contributed by atoms with van der Waals surface area (Å²) in [5.41, 5.74) is 10.3. The molecule has 0 spiro atoms. The molecule has 2 saturated heterocycles. The molecule has 0 aliphatic carbocycles. The van der Waals surface area contributed by atoms with Gasteiger partial charge in [-0.25, -0.2) is 4.98 Å². The van der Waals surface area contributed by atoms with Crippen LogP contribution in [0.5, 0.6) is 0 Å². The number of anilines is 2. The van der Waals surface area contributed by atoms with E-state index in [1.54, 1.807) is 19.2 Å². The second-order valence-electron chi connectivity index (χ2n) is 8.55. The number of hydrogen-bond acceptors (Lipinski definition) is 6. The Morgan fingerprint density at radius 1 is 1.19 bits per heavy atom. The highest BCUT2D eigenvalue weighted by atomic mass is 16.5. The maximum atomic E-state index is 11.4. The maximum Gasteiger partial charge on any atom is 0.163 e. The number of morpholine rings is 1. The molecule has 2 aromatic rings. The number of ketones is 1. The lowest BCUT2D eigenvalue weighted by atomic mass is 10.0. The fraction of sp³-hybridized carbons (Fsp3) is 0.520. The molecule has 0 bridgehead atoms. The molecule has 1 aromatic heterocycles. The maximum absolute atomic E-state index is 11.4. The first-order valence-electron chi connectivity index (χ1n) is 11.3. The van der Waals surface area contributed by atoms with Gasteiger partial charge in [0.05, 0.1) is 18.8 Å². The first-order chi connectivity index (χ1) is 14.9. The number of ether oxygens (including phenoxy) is 1. The zero-order chi connectivity index (χ0) is 22.4. The van der Waals surface area contributed by atoms with Gasteiger partial charge in [0.15, 0.2) is 5.78 Å². The van der Waals surface area contributed by atoms with Gasteiger partial charge in [-0.05, 0) is 68.5 Å². The average molecular weight is 425 g/mol. The van der Waals surface area contributed by atoms with Gasteiger partial charge < -0.3 is 20.3 Å². The van der Waals surface area contributed by atoms with Crippen LogP contribution >= 0.6 is 0 Å². The summed E-state index contributed by atoms with van der Waals surface area (Å²) in [7, 11) is 0. The van der Waals surface area contributed by atoms with Crippen molar-refractivity contribution >= 4 is 17.3 Å². The third kappa shape index (κ3) is 5.63. The highest BCUT2D eigenvalue weighted by Gasteiger charge is 2.27. The first kappa shape index (κ1) is 23.2. The number of Topliss-reactive ketones (excluding diaryl/α,β-unsaturated/α-hetero) is 1. The van der Waals surface area contributed by atoms with E-state index in [0.717, 1.165) is 24.8 Å². The number of pyridine rings is 1. The zero-order valence-corrected chi connectivity index (χ0v) is 19.3. The normalized spacial score (nSPS) is 20.9. The van der Waals surface area contributed by atoms with Gasteiger partial charge in [-0.3, -0.25) is 4.79 Å². The number of carbonyl (C=O) groups excluding carboxylic acids is 1. The molecule has 6 nitrogen and oxygen atoms in total. The second-order valence-corrected chi connectivity index (χ2v) is 8.55. The average Bonchev–Trinajstić information content (AvgIpc) is 3.13. The summed E-state index contributed by atoms with van der Waals surface area (Å²) in [5.74, 6) is 1.65. The number of aromatic nitrogens is 1. The quantitative estimate of drug-likeness (QED) is 0.753. The lowest BCUT2D eigenvalue weighted by Gasteiger charge is -2.28. The van der Waals surface area contributed by atoms with Gasteiger partial charge in [0, 0.05) is 44.1 Å². The molecule has 2 aliphatic rings. The molecule has 0 amide bonds. The smallest absolute Gasteiger partial charge is 0.163 e. The molecular weight excluding hydrogens is 388 g/mol. The topological polar surface area (TPSA) is 71.7 Å². The van der Waals surface area contributed by atoms with Crippen molar-refractivity contribution in [1.82, 2.24) is 4.98 Å². The fourth-order valence-corrected chi connectivity index (χ4v) is 4.25. The number of nitrogens with zero attached hydrogens (tertiary/aromatic N) is 3. The van der Waals surface area contributed by atoms with Crippen molar-refractivity contribution in [2.75, 3.05) is 42.6 Å². The monoisotopic (exact) mass is 424 g/mol. The molecule has 3 heterocycles. The number of aryl methyl sites for hydroxylation is 1. The van der Waals surface area contributed by atoms with Crippen LogP contribution in [-0.2, 0) is 11.3 Å². The van der Waals surface area contributed by atoms with E-state index in [4.69, 9.17) is 10.5 Å². The highest BCUT2D eigenvalue weighted by Crippen LogP contribution is 2.30. The van der Waals surface area contributed by atoms with Crippen molar-refractivity contribution in [3.05, 3.63) is 53.2 Å². The van der Waals surface area contributed by atoms with Crippen LogP contribution in [0.3, 0.4) is 0 Å². The van der Waals surface area contributed by atoms with Gasteiger partial charge in [-0.1, -0.05) is 13.0 Å². The second kappa shape index (κ2) is 10.7. The summed E-state index contributed by atoms with van der Waals surface area (Å²) in [6.45, 7) is 13.2. The Bertz CT molecular complexity index is 880. The number of carbonyl (C=O) groups is 1. The molecule has 6 heteroatoms. The van der Waals surface area contributed by atoms with Crippen molar-refractivity contribution in [3.63, 3.8) is 0 Å². The molecule has 4 rings (SSSR count). The van der Waals surface area contributed by atoms with Crippen molar-refractivity contribution in [1.29, 1.82) is 0 Å². The van der Waals surface area contributed by atoms with Gasteiger partial charge in [0.25, 0.3) is 0 Å². The number of nitrogens with two attached hydrogens (primary N) is 1. The van der Waals surface area contributed by atoms with Gasteiger partial charge in [-0.2, -0.15) is 0 Å². The minimum absolute atomic E-state index is 0.0598. The van der Waals surface area contributed by atoms with Gasteiger partial charge >= 0.3 is 0 Å². The van der Waals surface area contributed by atoms with Gasteiger partial charge in [0.1, 0.15) is 5.82 Å². The largest absolute Gasteiger partial charge is 0.378 e. The molecule has 0 radical (unpaired) electrons. The summed E-state index contributed by atoms with van der Waals surface area (Å²) in [5, 5.41) is 0. The van der Waals surface area contributed by atoms with Crippen LogP contribution in [0.15, 0.2) is 36.5 Å². The van der Waals surface area contributed by atoms with E-state index in [1.807, 2.05) is 6.07 Å². The van der Waals surface area contributed by atoms with E-state index in [0.29, 0.717) is 31.4 Å². The molecule has 0 unspecified atom stereocenters. The minimum Gasteiger partial charge on any atom is -0.378 e. The third-order valence-corrected chi connectivity index (χ3v) is 6.49. The Kier molecular flexibility index (Phi) is 8.04. The SMILES string of the molecule is CC(=O)c1cccnc1N1CCOCC1.Cc1cc(N2CC[C@@H](C)[C@@H]2C)ccc1CN. The van der Waals surface area contributed by atoms with Crippen LogP contribution in [0.25, 0.3) is 0 Å². The molecular formula is C25H36N4O2. The first-order valence-corrected chi connectivity index (χ1v) is 11.3. The van der Waals surface area contributed by atoms with Crippen LogP contribution in [0, 0.1) is 12.8 Å². The lowest BCUT2D eigenvalue weighted by molar-refractivity contribution is 0.101. The molecule has 31 heavy (non-hydrogen) atoms. The third-order valence-electron chi connectivity index (χ3n) is 6.49. The molecule has 2 aliphatic heterocycles. The van der Waals surface area contributed by atoms with E-state index in [9.17, 15) is 4.79 Å². The van der Waals surface area contributed by atoms with Crippen molar-refractivity contribution < 1.29 is 9.53 Å². The summed E-state index contributed by atoms with van der Waals surface area (Å²) in [6.07, 6.45) is 3.02. The molecule has 168 valence electrons. The molecule has 1 aromatic carbocycles. The summed E-state index contributed by atoms with van der Waals surface area (Å²) >= 11 is 0. The summed E-state index contributed by atoms with van der Waals surface area (Å²) in [6, 6.07) is 10.9. The fourth-order valence-electron chi connectivity index (χ4n) is 4.25. The summed E-state index contributed by atoms with van der Waals surface area (Å²) < 4.78 is 5.27. The standard InChI is InChI=1S/C14H22N2.C11H14N2O2/c1-10-6-7-16(12(10)3)14-5-4-13(9-15)11(2)8-14;1-9(14)10-3-2-4-12-11(10)13-5-7-15-8-6-13/h4-5,8,10,12H,6-7,9,15H2,1-3H3;2-4H,5-8H2,1H3/t10-,12+;/m1./s1. The van der Waals surface area contributed by atoms with Gasteiger partial charge in [-0.15, -0.1) is 0 Å². The predicted octanol–water partition coefficient (Wildman–Crippen LogP) is 3.81. The molecule has 2 atom stereocenters. The number of benzene rings is 1. The van der Waals surface area contributed by atoms with Crippen LogP contribution < -0.4 is 15.5 Å². The van der Waals surface area contributed by atoms with Crippen molar-refractivity contribution in [3.8, 4) is 0 Å². The van der Waals surface area contributed by atoms with E-state index in [-0.39, 0.29) is 5.78 Å². The zero-order valence-electron chi connectivity index (χ0n) is 19.3. The number of rotatable bonds is 4. The van der Waals surface area contributed by atoms with Crippen LogP contribution in [-0.4, -0.2) is 49.7 Å². The molecule has 0 saturated carbocycles. The Hall–Kier alpha value is -2.44. The predicted molar refractivity (Wildman–Crippen MR) is 127 cm³/mol. The van der Waals surface area contributed by atoms with E-state index < -0.39 is 0 Å². The highest BCUT2D eigenvalue weighted by molar-refractivity contribution is 5.98. The minimum atomic E-state index is 0.0598. The Labute approximate surface area is 186 Å². The molecule has 2 fully saturated rings. The summed E-state index contributed by atoms with van der Waals surface area (Å²) in [4.78, 5) is 20.3. The Balaban J connectivity index is 0.000000176. The van der Waals surface area contributed by atoms with Gasteiger partial charge in [0.2, 0.25) is 0 Å². The molecule has 2 N–H and O–H groups in total. The van der Waals surface area contributed by atoms with Crippen LogP contribution in [0.1, 0.15) is 48.7 Å².